The fourth-order valence-electron chi connectivity index (χ4n) is 3.97. The number of ether oxygens (including phenoxy) is 1. The van der Waals surface area contributed by atoms with E-state index in [-0.39, 0.29) is 36.6 Å². The number of halogens is 2. The zero-order valence-corrected chi connectivity index (χ0v) is 19.1. The van der Waals surface area contributed by atoms with Crippen molar-refractivity contribution < 1.29 is 14.3 Å². The summed E-state index contributed by atoms with van der Waals surface area (Å²) in [5, 5.41) is 6.25. The Balaban J connectivity index is 0.00000225. The number of hydrogen-bond donors (Lipinski definition) is 2. The van der Waals surface area contributed by atoms with Gasteiger partial charge in [0.05, 0.1) is 12.0 Å². The first kappa shape index (κ1) is 26.4. The first-order valence-corrected chi connectivity index (χ1v) is 10.1. The van der Waals surface area contributed by atoms with E-state index in [4.69, 9.17) is 4.74 Å². The van der Waals surface area contributed by atoms with E-state index in [0.717, 1.165) is 44.8 Å². The number of amides is 2. The fourth-order valence-corrected chi connectivity index (χ4v) is 3.97. The maximum Gasteiger partial charge on any atom is 0.228 e. The van der Waals surface area contributed by atoms with Gasteiger partial charge >= 0.3 is 0 Å². The van der Waals surface area contributed by atoms with Gasteiger partial charge in [0.15, 0.2) is 0 Å². The second-order valence-electron chi connectivity index (χ2n) is 7.53. The van der Waals surface area contributed by atoms with Crippen LogP contribution in [0.3, 0.4) is 0 Å². The van der Waals surface area contributed by atoms with Crippen LogP contribution in [0.5, 0.6) is 0 Å². The van der Waals surface area contributed by atoms with Crippen LogP contribution in [0, 0.1) is 5.41 Å². The molecular formula is C20H33Cl2N5O3. The van der Waals surface area contributed by atoms with Gasteiger partial charge in [-0.15, -0.1) is 24.8 Å². The molecule has 0 radical (unpaired) electrons. The van der Waals surface area contributed by atoms with Crippen molar-refractivity contribution in [1.82, 2.24) is 20.5 Å². The number of piperazine rings is 1. The molecule has 2 N–H and O–H groups in total. The molecule has 1 aromatic heterocycles. The van der Waals surface area contributed by atoms with Crippen LogP contribution in [0.1, 0.15) is 19.3 Å². The van der Waals surface area contributed by atoms with Crippen molar-refractivity contribution in [1.29, 1.82) is 0 Å². The smallest absolute Gasteiger partial charge is 0.228 e. The van der Waals surface area contributed by atoms with Crippen LogP contribution in [0.4, 0.5) is 5.82 Å². The van der Waals surface area contributed by atoms with Gasteiger partial charge < -0.3 is 25.2 Å². The minimum Gasteiger partial charge on any atom is -0.384 e. The first-order valence-electron chi connectivity index (χ1n) is 10.1. The van der Waals surface area contributed by atoms with Crippen LogP contribution in [-0.2, 0) is 14.3 Å². The minimum atomic E-state index is -0.475. The standard InChI is InChI=1S/C20H31N5O3.2ClH/c1-28-16-20(6-10-21-11-7-20)19(27)23-9-5-18(26)25-14-12-24(13-15-25)17-4-2-3-8-22-17;;/h2-4,8,21H,5-7,9-16H2,1H3,(H,23,27);2*1H. The molecule has 0 aliphatic carbocycles. The molecule has 0 aromatic carbocycles. The number of nitrogens with zero attached hydrogens (tertiary/aromatic N) is 3. The van der Waals surface area contributed by atoms with Crippen molar-refractivity contribution in [3.8, 4) is 0 Å². The summed E-state index contributed by atoms with van der Waals surface area (Å²) in [6.07, 6.45) is 3.64. The van der Waals surface area contributed by atoms with E-state index in [9.17, 15) is 9.59 Å². The van der Waals surface area contributed by atoms with Gasteiger partial charge in [-0.3, -0.25) is 9.59 Å². The fraction of sp³-hybridized carbons (Fsp3) is 0.650. The van der Waals surface area contributed by atoms with Crippen LogP contribution in [0.25, 0.3) is 0 Å². The van der Waals surface area contributed by atoms with E-state index in [2.05, 4.69) is 20.5 Å². The Morgan fingerprint density at radius 1 is 1.17 bits per heavy atom. The molecule has 0 spiro atoms. The second-order valence-corrected chi connectivity index (χ2v) is 7.53. The quantitative estimate of drug-likeness (QED) is 0.631. The Morgan fingerprint density at radius 3 is 2.47 bits per heavy atom. The number of piperidine rings is 1. The Labute approximate surface area is 190 Å². The van der Waals surface area contributed by atoms with Crippen LogP contribution in [0.15, 0.2) is 24.4 Å². The zero-order valence-electron chi connectivity index (χ0n) is 17.5. The predicted octanol–water partition coefficient (Wildman–Crippen LogP) is 1.10. The number of aromatic nitrogens is 1. The molecule has 3 heterocycles. The molecule has 0 saturated carbocycles. The summed E-state index contributed by atoms with van der Waals surface area (Å²) in [7, 11) is 1.63. The van der Waals surface area contributed by atoms with Crippen LogP contribution >= 0.6 is 24.8 Å². The summed E-state index contributed by atoms with van der Waals surface area (Å²) in [5.41, 5.74) is -0.475. The van der Waals surface area contributed by atoms with E-state index in [1.165, 1.54) is 0 Å². The Bertz CT molecular complexity index is 646. The van der Waals surface area contributed by atoms with Crippen molar-refractivity contribution in [2.24, 2.45) is 5.41 Å². The Morgan fingerprint density at radius 2 is 1.87 bits per heavy atom. The third kappa shape index (κ3) is 6.70. The third-order valence-electron chi connectivity index (χ3n) is 5.69. The molecule has 1 aromatic rings. The summed E-state index contributed by atoms with van der Waals surface area (Å²) >= 11 is 0. The van der Waals surface area contributed by atoms with Gasteiger partial charge in [-0.05, 0) is 38.1 Å². The van der Waals surface area contributed by atoms with Crippen LogP contribution in [-0.4, -0.2) is 81.2 Å². The molecule has 2 fully saturated rings. The normalized spacial score (nSPS) is 18.0. The highest BCUT2D eigenvalue weighted by molar-refractivity contribution is 5.85. The van der Waals surface area contributed by atoms with Crippen molar-refractivity contribution in [3.05, 3.63) is 24.4 Å². The van der Waals surface area contributed by atoms with E-state index in [1.807, 2.05) is 23.1 Å². The number of hydrogen-bond acceptors (Lipinski definition) is 6. The molecule has 2 aliphatic rings. The maximum atomic E-state index is 12.7. The highest BCUT2D eigenvalue weighted by Gasteiger charge is 2.39. The van der Waals surface area contributed by atoms with Crippen molar-refractivity contribution in [2.75, 3.05) is 64.4 Å². The van der Waals surface area contributed by atoms with Gasteiger partial charge in [0.25, 0.3) is 0 Å². The summed E-state index contributed by atoms with van der Waals surface area (Å²) in [4.78, 5) is 33.7. The molecule has 170 valence electrons. The lowest BCUT2D eigenvalue weighted by molar-refractivity contribution is -0.136. The summed E-state index contributed by atoms with van der Waals surface area (Å²) in [5.74, 6) is 1.04. The van der Waals surface area contributed by atoms with Gasteiger partial charge in [-0.2, -0.15) is 0 Å². The van der Waals surface area contributed by atoms with Gasteiger partial charge in [0.1, 0.15) is 5.82 Å². The molecule has 8 nitrogen and oxygen atoms in total. The topological polar surface area (TPSA) is 86.8 Å². The van der Waals surface area contributed by atoms with Crippen LogP contribution in [0.2, 0.25) is 0 Å². The summed E-state index contributed by atoms with van der Waals surface area (Å²) in [6, 6.07) is 5.86. The number of pyridine rings is 1. The lowest BCUT2D eigenvalue weighted by atomic mass is 9.78. The van der Waals surface area contributed by atoms with E-state index in [1.54, 1.807) is 13.3 Å². The van der Waals surface area contributed by atoms with Gasteiger partial charge in [-0.1, -0.05) is 6.07 Å². The minimum absolute atomic E-state index is 0. The molecule has 2 saturated heterocycles. The van der Waals surface area contributed by atoms with E-state index >= 15 is 0 Å². The van der Waals surface area contributed by atoms with Crippen LogP contribution < -0.4 is 15.5 Å². The first-order chi connectivity index (χ1) is 13.6. The molecule has 0 bridgehead atoms. The number of anilines is 1. The number of carbonyl (C=O) groups excluding carboxylic acids is 2. The third-order valence-corrected chi connectivity index (χ3v) is 5.69. The molecule has 0 atom stereocenters. The molecule has 10 heteroatoms. The van der Waals surface area contributed by atoms with Gasteiger partial charge in [0.2, 0.25) is 11.8 Å². The van der Waals surface area contributed by atoms with Gasteiger partial charge in [-0.25, -0.2) is 4.98 Å². The Hall–Kier alpha value is -1.61. The largest absolute Gasteiger partial charge is 0.384 e. The molecule has 2 amide bonds. The molecule has 0 unspecified atom stereocenters. The second kappa shape index (κ2) is 12.9. The van der Waals surface area contributed by atoms with Gasteiger partial charge in [0, 0.05) is 52.5 Å². The van der Waals surface area contributed by atoms with Crippen molar-refractivity contribution in [3.63, 3.8) is 0 Å². The average molecular weight is 462 g/mol. The Kier molecular flexibility index (Phi) is 11.4. The lowest BCUT2D eigenvalue weighted by Crippen LogP contribution is -2.51. The molecule has 30 heavy (non-hydrogen) atoms. The summed E-state index contributed by atoms with van der Waals surface area (Å²) in [6.45, 7) is 5.34. The molecule has 3 rings (SSSR count). The predicted molar refractivity (Wildman–Crippen MR) is 122 cm³/mol. The van der Waals surface area contributed by atoms with Crippen molar-refractivity contribution in [2.45, 2.75) is 19.3 Å². The average Bonchev–Trinajstić information content (AvgIpc) is 2.75. The number of carbonyl (C=O) groups is 2. The number of nitrogens with one attached hydrogen (secondary N) is 2. The van der Waals surface area contributed by atoms with E-state index < -0.39 is 5.41 Å². The zero-order chi connectivity index (χ0) is 19.8. The summed E-state index contributed by atoms with van der Waals surface area (Å²) < 4.78 is 5.30. The highest BCUT2D eigenvalue weighted by Crippen LogP contribution is 2.29. The molecular weight excluding hydrogens is 429 g/mol. The lowest BCUT2D eigenvalue weighted by Gasteiger charge is -2.36. The molecule has 2 aliphatic heterocycles. The number of rotatable bonds is 7. The van der Waals surface area contributed by atoms with Crippen molar-refractivity contribution >= 4 is 42.4 Å². The highest BCUT2D eigenvalue weighted by atomic mass is 35.5. The SMILES string of the molecule is COCC1(C(=O)NCCC(=O)N2CCN(c3ccccn3)CC2)CCNCC1.Cl.Cl. The van der Waals surface area contributed by atoms with E-state index in [0.29, 0.717) is 32.7 Å². The number of methoxy groups -OCH3 is 1. The monoisotopic (exact) mass is 461 g/mol. The maximum absolute atomic E-state index is 12.7.